The topological polar surface area (TPSA) is 87.5 Å². The minimum Gasteiger partial charge on any atom is -0.480 e. The fraction of sp³-hybridized carbons (Fsp3) is 0.500. The molecule has 1 aliphatic rings. The summed E-state index contributed by atoms with van der Waals surface area (Å²) in [6.45, 7) is 1.27. The number of carboxylic acid groups (broad SMARTS) is 1. The second kappa shape index (κ2) is 4.54. The van der Waals surface area contributed by atoms with Crippen LogP contribution in [0, 0.1) is 0 Å². The molecule has 1 unspecified atom stereocenters. The molecular formula is C10H14N4O3. The number of carbonyl (C=O) groups is 2. The zero-order valence-corrected chi connectivity index (χ0v) is 9.46. The van der Waals surface area contributed by atoms with Gasteiger partial charge in [-0.3, -0.25) is 9.48 Å². The summed E-state index contributed by atoms with van der Waals surface area (Å²) < 4.78 is 1.45. The van der Waals surface area contributed by atoms with E-state index in [0.717, 1.165) is 0 Å². The number of piperazine rings is 1. The van der Waals surface area contributed by atoms with Crippen molar-refractivity contribution in [1.82, 2.24) is 20.0 Å². The van der Waals surface area contributed by atoms with Crippen molar-refractivity contribution in [1.29, 1.82) is 0 Å². The monoisotopic (exact) mass is 238 g/mol. The lowest BCUT2D eigenvalue weighted by molar-refractivity contribution is -0.142. The number of nitrogens with zero attached hydrogens (tertiary/aromatic N) is 3. The molecular weight excluding hydrogens is 224 g/mol. The van der Waals surface area contributed by atoms with Crippen LogP contribution in [-0.4, -0.2) is 57.3 Å². The van der Waals surface area contributed by atoms with Crippen LogP contribution in [0.15, 0.2) is 12.3 Å². The maximum atomic E-state index is 12.2. The van der Waals surface area contributed by atoms with Gasteiger partial charge in [0.1, 0.15) is 11.7 Å². The molecule has 1 fully saturated rings. The van der Waals surface area contributed by atoms with Gasteiger partial charge in [-0.25, -0.2) is 4.79 Å². The van der Waals surface area contributed by atoms with Crippen LogP contribution in [0.4, 0.5) is 0 Å². The van der Waals surface area contributed by atoms with Gasteiger partial charge in [0.05, 0.1) is 0 Å². The molecule has 2 N–H and O–H groups in total. The normalized spacial score (nSPS) is 20.3. The molecule has 1 aromatic rings. The van der Waals surface area contributed by atoms with E-state index >= 15 is 0 Å². The van der Waals surface area contributed by atoms with Gasteiger partial charge in [-0.05, 0) is 6.07 Å². The molecule has 17 heavy (non-hydrogen) atoms. The zero-order valence-electron chi connectivity index (χ0n) is 9.46. The van der Waals surface area contributed by atoms with E-state index in [9.17, 15) is 9.59 Å². The van der Waals surface area contributed by atoms with Crippen molar-refractivity contribution in [3.8, 4) is 0 Å². The number of nitrogens with one attached hydrogen (secondary N) is 1. The summed E-state index contributed by atoms with van der Waals surface area (Å²) >= 11 is 0. The van der Waals surface area contributed by atoms with Gasteiger partial charge in [0.25, 0.3) is 5.91 Å². The van der Waals surface area contributed by atoms with Crippen LogP contribution >= 0.6 is 0 Å². The Bertz CT molecular complexity index is 443. The molecule has 92 valence electrons. The number of aryl methyl sites for hydroxylation is 1. The zero-order chi connectivity index (χ0) is 12.4. The third-order valence-corrected chi connectivity index (χ3v) is 2.83. The first-order chi connectivity index (χ1) is 8.11. The Morgan fingerprint density at radius 2 is 2.35 bits per heavy atom. The van der Waals surface area contributed by atoms with Crippen molar-refractivity contribution in [3.05, 3.63) is 18.0 Å². The Morgan fingerprint density at radius 1 is 1.59 bits per heavy atom. The van der Waals surface area contributed by atoms with E-state index in [-0.39, 0.29) is 12.5 Å². The summed E-state index contributed by atoms with van der Waals surface area (Å²) in [6.07, 6.45) is 1.52. The Morgan fingerprint density at radius 3 is 2.94 bits per heavy atom. The summed E-state index contributed by atoms with van der Waals surface area (Å²) in [5, 5.41) is 15.9. The van der Waals surface area contributed by atoms with Gasteiger partial charge in [0, 0.05) is 32.9 Å². The number of aliphatic carboxylic acids is 1. The van der Waals surface area contributed by atoms with Crippen LogP contribution in [0.25, 0.3) is 0 Å². The van der Waals surface area contributed by atoms with Gasteiger partial charge in [-0.2, -0.15) is 5.10 Å². The number of hydrogen-bond donors (Lipinski definition) is 2. The van der Waals surface area contributed by atoms with Crippen LogP contribution in [0.2, 0.25) is 0 Å². The van der Waals surface area contributed by atoms with Crippen molar-refractivity contribution in [3.63, 3.8) is 0 Å². The Labute approximate surface area is 98.0 Å². The van der Waals surface area contributed by atoms with Crippen LogP contribution in [0.1, 0.15) is 10.5 Å². The summed E-state index contributed by atoms with van der Waals surface area (Å²) in [5.41, 5.74) is 0.401. The SMILES string of the molecule is Cn1nccc1C(=O)N1CCNCC1C(=O)O. The van der Waals surface area contributed by atoms with Gasteiger partial charge in [0.2, 0.25) is 0 Å². The number of hydrogen-bond acceptors (Lipinski definition) is 4. The van der Waals surface area contributed by atoms with E-state index in [1.165, 1.54) is 15.8 Å². The first-order valence-corrected chi connectivity index (χ1v) is 5.33. The maximum absolute atomic E-state index is 12.2. The highest BCUT2D eigenvalue weighted by Gasteiger charge is 2.33. The molecule has 1 aromatic heterocycles. The van der Waals surface area contributed by atoms with E-state index < -0.39 is 12.0 Å². The molecule has 0 bridgehead atoms. The standard InChI is InChI=1S/C10H14N4O3/c1-13-7(2-3-12-13)9(15)14-5-4-11-6-8(14)10(16)17/h2-3,8,11H,4-6H2,1H3,(H,16,17). The molecule has 2 rings (SSSR count). The second-order valence-corrected chi connectivity index (χ2v) is 3.90. The van der Waals surface area contributed by atoms with Crippen molar-refractivity contribution < 1.29 is 14.7 Å². The molecule has 1 saturated heterocycles. The molecule has 2 heterocycles. The molecule has 0 aliphatic carbocycles. The highest BCUT2D eigenvalue weighted by molar-refractivity contribution is 5.95. The Kier molecular flexibility index (Phi) is 3.10. The van der Waals surface area contributed by atoms with Crippen LogP contribution in [0.3, 0.4) is 0 Å². The Hall–Kier alpha value is -1.89. The average molecular weight is 238 g/mol. The van der Waals surface area contributed by atoms with E-state index in [1.807, 2.05) is 0 Å². The van der Waals surface area contributed by atoms with Crippen molar-refractivity contribution in [2.75, 3.05) is 19.6 Å². The maximum Gasteiger partial charge on any atom is 0.327 e. The molecule has 0 spiro atoms. The van der Waals surface area contributed by atoms with E-state index in [1.54, 1.807) is 13.1 Å². The average Bonchev–Trinajstić information content (AvgIpc) is 2.74. The fourth-order valence-corrected chi connectivity index (χ4v) is 1.90. The molecule has 1 atom stereocenters. The third-order valence-electron chi connectivity index (χ3n) is 2.83. The van der Waals surface area contributed by atoms with Crippen LogP contribution in [-0.2, 0) is 11.8 Å². The van der Waals surface area contributed by atoms with Crippen molar-refractivity contribution in [2.45, 2.75) is 6.04 Å². The third kappa shape index (κ3) is 2.14. The number of carbonyl (C=O) groups excluding carboxylic acids is 1. The minimum absolute atomic E-state index is 0.277. The first kappa shape index (κ1) is 11.6. The summed E-state index contributed by atoms with van der Waals surface area (Å²) in [6, 6.07) is 0.773. The van der Waals surface area contributed by atoms with E-state index in [2.05, 4.69) is 10.4 Å². The van der Waals surface area contributed by atoms with Gasteiger partial charge in [-0.1, -0.05) is 0 Å². The molecule has 1 amide bonds. The first-order valence-electron chi connectivity index (χ1n) is 5.33. The summed E-state index contributed by atoms with van der Waals surface area (Å²) in [7, 11) is 1.66. The van der Waals surface area contributed by atoms with E-state index in [0.29, 0.717) is 18.8 Å². The van der Waals surface area contributed by atoms with Gasteiger partial charge < -0.3 is 15.3 Å². The predicted molar refractivity (Wildman–Crippen MR) is 58.5 cm³/mol. The summed E-state index contributed by atoms with van der Waals surface area (Å²) in [5.74, 6) is -1.29. The number of amides is 1. The van der Waals surface area contributed by atoms with Crippen LogP contribution in [0.5, 0.6) is 0 Å². The second-order valence-electron chi connectivity index (χ2n) is 3.90. The number of aromatic nitrogens is 2. The highest BCUT2D eigenvalue weighted by atomic mass is 16.4. The molecule has 7 heteroatoms. The molecule has 0 radical (unpaired) electrons. The number of rotatable bonds is 2. The highest BCUT2D eigenvalue weighted by Crippen LogP contribution is 2.10. The number of carboxylic acids is 1. The van der Waals surface area contributed by atoms with Gasteiger partial charge in [0.15, 0.2) is 0 Å². The van der Waals surface area contributed by atoms with Gasteiger partial charge in [-0.15, -0.1) is 0 Å². The van der Waals surface area contributed by atoms with Crippen molar-refractivity contribution >= 4 is 11.9 Å². The molecule has 0 saturated carbocycles. The fourth-order valence-electron chi connectivity index (χ4n) is 1.90. The van der Waals surface area contributed by atoms with Gasteiger partial charge >= 0.3 is 5.97 Å². The smallest absolute Gasteiger partial charge is 0.327 e. The van der Waals surface area contributed by atoms with Crippen LogP contribution < -0.4 is 5.32 Å². The van der Waals surface area contributed by atoms with Crippen molar-refractivity contribution in [2.24, 2.45) is 7.05 Å². The predicted octanol–water partition coefficient (Wildman–Crippen LogP) is -1.08. The lowest BCUT2D eigenvalue weighted by Gasteiger charge is -2.33. The Balaban J connectivity index is 2.23. The molecule has 0 aromatic carbocycles. The lowest BCUT2D eigenvalue weighted by atomic mass is 10.1. The van der Waals surface area contributed by atoms with E-state index in [4.69, 9.17) is 5.11 Å². The summed E-state index contributed by atoms with van der Waals surface area (Å²) in [4.78, 5) is 24.6. The molecule has 7 nitrogen and oxygen atoms in total. The minimum atomic E-state index is -0.993. The lowest BCUT2D eigenvalue weighted by Crippen LogP contribution is -2.57. The molecule has 1 aliphatic heterocycles. The largest absolute Gasteiger partial charge is 0.480 e. The quantitative estimate of drug-likeness (QED) is 0.684.